The Hall–Kier alpha value is -1.10. The molecule has 0 amide bonds. The van der Waals surface area contributed by atoms with Crippen LogP contribution in [0.2, 0.25) is 0 Å². The zero-order valence-corrected chi connectivity index (χ0v) is 18.7. The molecule has 0 radical (unpaired) electrons. The van der Waals surface area contributed by atoms with Crippen LogP contribution in [0.1, 0.15) is 71.0 Å². The lowest BCUT2D eigenvalue weighted by Crippen LogP contribution is -2.17. The number of halogens is 1. The van der Waals surface area contributed by atoms with Gasteiger partial charge in [-0.3, -0.25) is 0 Å². The smallest absolute Gasteiger partial charge is 0.123 e. The van der Waals surface area contributed by atoms with Gasteiger partial charge < -0.3 is 10.4 Å². The minimum Gasteiger partial charge on any atom is -0.507 e. The van der Waals surface area contributed by atoms with E-state index in [2.05, 4.69) is 71.3 Å². The number of hydrogen-bond acceptors (Lipinski definition) is 4. The molecule has 0 aliphatic rings. The van der Waals surface area contributed by atoms with Crippen molar-refractivity contribution in [1.29, 1.82) is 0 Å². The van der Waals surface area contributed by atoms with E-state index < -0.39 is 0 Å². The molecule has 146 valence electrons. The van der Waals surface area contributed by atoms with Crippen molar-refractivity contribution in [3.63, 3.8) is 0 Å². The van der Waals surface area contributed by atoms with E-state index in [9.17, 15) is 5.11 Å². The molecule has 0 saturated heterocycles. The molecule has 2 aromatic rings. The van der Waals surface area contributed by atoms with Gasteiger partial charge in [-0.05, 0) is 35.9 Å². The quantitative estimate of drug-likeness (QED) is 0.606. The van der Waals surface area contributed by atoms with Crippen LogP contribution < -0.4 is 5.32 Å². The number of benzene rings is 1. The molecule has 1 aromatic heterocycles. The molecule has 0 bridgehead atoms. The summed E-state index contributed by atoms with van der Waals surface area (Å²) in [5.41, 5.74) is 3.80. The van der Waals surface area contributed by atoms with E-state index in [1.54, 1.807) is 11.3 Å². The summed E-state index contributed by atoms with van der Waals surface area (Å²) in [7, 11) is 0. The third-order valence-corrected chi connectivity index (χ3v) is 5.13. The Morgan fingerprint density at radius 3 is 2.04 bits per heavy atom. The van der Waals surface area contributed by atoms with E-state index in [4.69, 9.17) is 4.98 Å². The summed E-state index contributed by atoms with van der Waals surface area (Å²) >= 11 is 1.69. The van der Waals surface area contributed by atoms with Crippen LogP contribution in [-0.2, 0) is 17.4 Å². The fraction of sp³-hybridized carbons (Fsp3) is 0.571. The first kappa shape index (κ1) is 22.9. The van der Waals surface area contributed by atoms with Crippen LogP contribution in [0, 0.1) is 0 Å². The van der Waals surface area contributed by atoms with E-state index in [1.165, 1.54) is 0 Å². The molecular weight excluding hydrogens is 364 g/mol. The Bertz CT molecular complexity index is 691. The van der Waals surface area contributed by atoms with E-state index in [1.807, 2.05) is 0 Å². The van der Waals surface area contributed by atoms with Crippen molar-refractivity contribution in [2.24, 2.45) is 0 Å². The molecule has 0 aliphatic heterocycles. The minimum atomic E-state index is -0.123. The Labute approximate surface area is 168 Å². The predicted octanol–water partition coefficient (Wildman–Crippen LogP) is 6.03. The molecular formula is C21H33ClN2OS. The van der Waals surface area contributed by atoms with Crippen LogP contribution >= 0.6 is 23.7 Å². The Kier molecular flexibility index (Phi) is 7.70. The van der Waals surface area contributed by atoms with Crippen molar-refractivity contribution in [1.82, 2.24) is 10.3 Å². The van der Waals surface area contributed by atoms with Gasteiger partial charge in [0.2, 0.25) is 0 Å². The van der Waals surface area contributed by atoms with Gasteiger partial charge in [-0.25, -0.2) is 4.98 Å². The van der Waals surface area contributed by atoms with Crippen LogP contribution in [0.15, 0.2) is 17.5 Å². The maximum atomic E-state index is 10.9. The molecule has 0 spiro atoms. The van der Waals surface area contributed by atoms with E-state index in [0.29, 0.717) is 5.75 Å². The summed E-state index contributed by atoms with van der Waals surface area (Å²) in [6.45, 7) is 16.8. The van der Waals surface area contributed by atoms with Gasteiger partial charge in [0.25, 0.3) is 0 Å². The molecule has 0 unspecified atom stereocenters. The number of rotatable bonds is 5. The third kappa shape index (κ3) is 5.45. The number of nitrogens with zero attached hydrogens (tertiary/aromatic N) is 1. The van der Waals surface area contributed by atoms with Gasteiger partial charge in [0, 0.05) is 28.6 Å². The summed E-state index contributed by atoms with van der Waals surface area (Å²) in [5.74, 6) is 0.420. The number of phenols is 1. The van der Waals surface area contributed by atoms with Gasteiger partial charge >= 0.3 is 0 Å². The molecule has 3 nitrogen and oxygen atoms in total. The molecule has 0 aliphatic carbocycles. The van der Waals surface area contributed by atoms with Gasteiger partial charge in [0.15, 0.2) is 0 Å². The molecule has 5 heteroatoms. The number of hydrogen-bond donors (Lipinski definition) is 2. The second-order valence-corrected chi connectivity index (χ2v) is 9.67. The summed E-state index contributed by atoms with van der Waals surface area (Å²) in [5, 5.41) is 17.5. The van der Waals surface area contributed by atoms with Crippen molar-refractivity contribution in [2.45, 2.75) is 72.3 Å². The first-order valence-electron chi connectivity index (χ1n) is 9.07. The van der Waals surface area contributed by atoms with Crippen LogP contribution in [0.25, 0.3) is 11.3 Å². The zero-order valence-electron chi connectivity index (χ0n) is 17.1. The fourth-order valence-corrected chi connectivity index (χ4v) is 3.60. The molecule has 0 atom stereocenters. The molecule has 1 heterocycles. The van der Waals surface area contributed by atoms with Crippen molar-refractivity contribution in [2.75, 3.05) is 6.54 Å². The number of nitrogens with one attached hydrogen (secondary N) is 1. The molecule has 1 aromatic carbocycles. The first-order chi connectivity index (χ1) is 11.5. The summed E-state index contributed by atoms with van der Waals surface area (Å²) in [6.07, 6.45) is 1.13. The number of aromatic nitrogens is 1. The highest BCUT2D eigenvalue weighted by atomic mass is 35.5. The first-order valence-corrected chi connectivity index (χ1v) is 9.95. The van der Waals surface area contributed by atoms with Crippen molar-refractivity contribution in [3.05, 3.63) is 33.6 Å². The number of thiazole rings is 1. The Balaban J connectivity index is 0.00000338. The minimum absolute atomic E-state index is 0. The fourth-order valence-electron chi connectivity index (χ4n) is 2.82. The summed E-state index contributed by atoms with van der Waals surface area (Å²) in [4.78, 5) is 4.80. The van der Waals surface area contributed by atoms with E-state index in [0.717, 1.165) is 46.9 Å². The van der Waals surface area contributed by atoms with Crippen molar-refractivity contribution in [3.8, 4) is 17.0 Å². The van der Waals surface area contributed by atoms with Crippen molar-refractivity contribution >= 4 is 23.7 Å². The molecule has 26 heavy (non-hydrogen) atoms. The standard InChI is InChI=1S/C21H32N2OS.ClH/c1-8-9-22-12-18-23-17(13-25-18)14-10-15(20(2,3)4)19(24)16(11-14)21(5,6)7;/h10-11,13,22,24H,8-9,12H2,1-7H3;1H. The monoisotopic (exact) mass is 396 g/mol. The van der Waals surface area contributed by atoms with E-state index >= 15 is 0 Å². The van der Waals surface area contributed by atoms with Crippen molar-refractivity contribution < 1.29 is 5.11 Å². The average molecular weight is 397 g/mol. The van der Waals surface area contributed by atoms with Crippen LogP contribution in [0.3, 0.4) is 0 Å². The zero-order chi connectivity index (χ0) is 18.8. The van der Waals surface area contributed by atoms with Crippen LogP contribution in [-0.4, -0.2) is 16.6 Å². The predicted molar refractivity (Wildman–Crippen MR) is 116 cm³/mol. The van der Waals surface area contributed by atoms with E-state index in [-0.39, 0.29) is 23.2 Å². The van der Waals surface area contributed by atoms with Gasteiger partial charge in [0.05, 0.1) is 5.69 Å². The second-order valence-electron chi connectivity index (χ2n) is 8.72. The van der Waals surface area contributed by atoms with Gasteiger partial charge in [-0.2, -0.15) is 0 Å². The summed E-state index contributed by atoms with van der Waals surface area (Å²) < 4.78 is 0. The molecule has 0 fully saturated rings. The highest BCUT2D eigenvalue weighted by Gasteiger charge is 2.27. The summed E-state index contributed by atoms with van der Waals surface area (Å²) in [6, 6.07) is 4.20. The normalized spacial score (nSPS) is 12.1. The maximum Gasteiger partial charge on any atom is 0.123 e. The van der Waals surface area contributed by atoms with Gasteiger partial charge in [-0.1, -0.05) is 48.5 Å². The lowest BCUT2D eigenvalue weighted by Gasteiger charge is -2.28. The molecule has 2 N–H and O–H groups in total. The average Bonchev–Trinajstić information content (AvgIpc) is 2.94. The molecule has 2 rings (SSSR count). The SMILES string of the molecule is CCCNCc1nc(-c2cc(C(C)(C)C)c(O)c(C(C)(C)C)c2)cs1.Cl. The topological polar surface area (TPSA) is 45.2 Å². The number of phenolic OH excluding ortho intramolecular Hbond substituents is 1. The largest absolute Gasteiger partial charge is 0.507 e. The highest BCUT2D eigenvalue weighted by molar-refractivity contribution is 7.09. The third-order valence-electron chi connectivity index (χ3n) is 4.28. The van der Waals surface area contributed by atoms with Gasteiger partial charge in [0.1, 0.15) is 10.8 Å². The highest BCUT2D eigenvalue weighted by Crippen LogP contribution is 2.42. The van der Waals surface area contributed by atoms with Crippen LogP contribution in [0.5, 0.6) is 5.75 Å². The second kappa shape index (κ2) is 8.73. The molecule has 0 saturated carbocycles. The van der Waals surface area contributed by atoms with Crippen LogP contribution in [0.4, 0.5) is 0 Å². The lowest BCUT2D eigenvalue weighted by atomic mass is 9.78. The lowest BCUT2D eigenvalue weighted by molar-refractivity contribution is 0.423. The Morgan fingerprint density at radius 1 is 1.04 bits per heavy atom. The van der Waals surface area contributed by atoms with Gasteiger partial charge in [-0.15, -0.1) is 23.7 Å². The number of aromatic hydroxyl groups is 1. The maximum absolute atomic E-state index is 10.9. The Morgan fingerprint density at radius 2 is 1.58 bits per heavy atom.